The second kappa shape index (κ2) is 9.84. The molecular weight excluding hydrogens is 452 g/mol. The number of rotatable bonds is 7. The van der Waals surface area contributed by atoms with E-state index in [2.05, 4.69) is 16.7 Å². The molecule has 2 heterocycles. The van der Waals surface area contributed by atoms with Crippen LogP contribution in [0, 0.1) is 0 Å². The van der Waals surface area contributed by atoms with E-state index < -0.39 is 10.0 Å². The van der Waals surface area contributed by atoms with Crippen molar-refractivity contribution in [3.8, 4) is 5.75 Å². The lowest BCUT2D eigenvalue weighted by Gasteiger charge is -2.37. The molecular formula is C25H34N4O4S. The second-order valence-electron chi connectivity index (χ2n) is 9.09. The molecule has 34 heavy (non-hydrogen) atoms. The number of hydrogen-bond donors (Lipinski definition) is 0. The topological polar surface area (TPSA) is 73.4 Å². The molecule has 0 bridgehead atoms. The standard InChI is InChI=1S/C25H34N4O4S/c1-5-28-18-19(33-24-11-7-6-10-23(24)28)17-27(4)25(30)21-16-20(34(31,32)26(2)3)12-13-22(21)29-14-8-9-15-29/h6-7,10-13,16,19H,5,8-9,14-15,17-18H2,1-4H3. The van der Waals surface area contributed by atoms with E-state index in [0.29, 0.717) is 18.7 Å². The van der Waals surface area contributed by atoms with Gasteiger partial charge in [0.05, 0.1) is 29.2 Å². The number of ether oxygens (including phenoxy) is 1. The zero-order valence-electron chi connectivity index (χ0n) is 20.4. The van der Waals surface area contributed by atoms with Gasteiger partial charge in [-0.05, 0) is 50.1 Å². The Bertz CT molecular complexity index is 1150. The zero-order valence-corrected chi connectivity index (χ0v) is 21.2. The summed E-state index contributed by atoms with van der Waals surface area (Å²) in [5.74, 6) is 0.612. The van der Waals surface area contributed by atoms with Gasteiger partial charge in [-0.15, -0.1) is 0 Å². The SMILES string of the molecule is CCN1CC(CN(C)C(=O)c2cc(S(=O)(=O)N(C)C)ccc2N2CCCC2)Oc2ccccc21. The minimum absolute atomic E-state index is 0.122. The van der Waals surface area contributed by atoms with Crippen molar-refractivity contribution < 1.29 is 17.9 Å². The Hall–Kier alpha value is -2.78. The van der Waals surface area contributed by atoms with Gasteiger partial charge in [0.15, 0.2) is 0 Å². The molecule has 0 N–H and O–H groups in total. The fourth-order valence-electron chi connectivity index (χ4n) is 4.66. The highest BCUT2D eigenvalue weighted by molar-refractivity contribution is 7.89. The summed E-state index contributed by atoms with van der Waals surface area (Å²) in [6.07, 6.45) is 1.93. The van der Waals surface area contributed by atoms with Gasteiger partial charge in [-0.3, -0.25) is 4.79 Å². The normalized spacial score (nSPS) is 18.1. The number of benzene rings is 2. The molecule has 2 aromatic carbocycles. The molecule has 1 amide bonds. The van der Waals surface area contributed by atoms with Crippen molar-refractivity contribution in [2.75, 3.05) is 63.7 Å². The van der Waals surface area contributed by atoms with Crippen LogP contribution in [-0.4, -0.2) is 83.5 Å². The van der Waals surface area contributed by atoms with Gasteiger partial charge in [-0.1, -0.05) is 12.1 Å². The van der Waals surface area contributed by atoms with E-state index in [9.17, 15) is 13.2 Å². The maximum absolute atomic E-state index is 13.7. The van der Waals surface area contributed by atoms with E-state index in [1.807, 2.05) is 24.3 Å². The summed E-state index contributed by atoms with van der Waals surface area (Å²) in [5.41, 5.74) is 2.26. The van der Waals surface area contributed by atoms with Gasteiger partial charge in [0.2, 0.25) is 10.0 Å². The Morgan fingerprint density at radius 1 is 1.06 bits per heavy atom. The van der Waals surface area contributed by atoms with Crippen molar-refractivity contribution in [3.05, 3.63) is 48.0 Å². The number of carbonyl (C=O) groups is 1. The highest BCUT2D eigenvalue weighted by Gasteiger charge is 2.30. The molecule has 1 atom stereocenters. The van der Waals surface area contributed by atoms with Gasteiger partial charge in [0.25, 0.3) is 5.91 Å². The lowest BCUT2D eigenvalue weighted by Crippen LogP contribution is -2.47. The number of sulfonamides is 1. The Morgan fingerprint density at radius 3 is 2.44 bits per heavy atom. The van der Waals surface area contributed by atoms with Crippen LogP contribution in [0.4, 0.5) is 11.4 Å². The first-order valence-corrected chi connectivity index (χ1v) is 13.2. The second-order valence-corrected chi connectivity index (χ2v) is 11.2. The number of amides is 1. The van der Waals surface area contributed by atoms with Crippen molar-refractivity contribution in [1.29, 1.82) is 0 Å². The van der Waals surface area contributed by atoms with Gasteiger partial charge in [-0.25, -0.2) is 12.7 Å². The van der Waals surface area contributed by atoms with Gasteiger partial charge in [-0.2, -0.15) is 0 Å². The Balaban J connectivity index is 1.61. The highest BCUT2D eigenvalue weighted by atomic mass is 32.2. The summed E-state index contributed by atoms with van der Waals surface area (Å²) in [4.78, 5) is 19.8. The van der Waals surface area contributed by atoms with E-state index in [4.69, 9.17) is 4.74 Å². The number of anilines is 2. The number of para-hydroxylation sites is 2. The van der Waals surface area contributed by atoms with Crippen molar-refractivity contribution in [1.82, 2.24) is 9.21 Å². The Kier molecular flexibility index (Phi) is 7.04. The molecule has 8 nitrogen and oxygen atoms in total. The summed E-state index contributed by atoms with van der Waals surface area (Å²) < 4.78 is 32.9. The molecule has 0 aromatic heterocycles. The summed E-state index contributed by atoms with van der Waals surface area (Å²) in [6.45, 7) is 5.74. The van der Waals surface area contributed by atoms with Crippen molar-refractivity contribution in [2.24, 2.45) is 0 Å². The first-order valence-electron chi connectivity index (χ1n) is 11.8. The quantitative estimate of drug-likeness (QED) is 0.599. The maximum Gasteiger partial charge on any atom is 0.255 e. The largest absolute Gasteiger partial charge is 0.485 e. The van der Waals surface area contributed by atoms with Crippen LogP contribution in [0.3, 0.4) is 0 Å². The molecule has 2 aliphatic heterocycles. The molecule has 1 unspecified atom stereocenters. The minimum Gasteiger partial charge on any atom is -0.485 e. The average Bonchev–Trinajstić information content (AvgIpc) is 3.37. The summed E-state index contributed by atoms with van der Waals surface area (Å²) in [6, 6.07) is 12.8. The van der Waals surface area contributed by atoms with Crippen LogP contribution in [-0.2, 0) is 10.0 Å². The van der Waals surface area contributed by atoms with Crippen LogP contribution in [0.15, 0.2) is 47.4 Å². The van der Waals surface area contributed by atoms with Crippen LogP contribution in [0.5, 0.6) is 5.75 Å². The van der Waals surface area contributed by atoms with Gasteiger partial charge >= 0.3 is 0 Å². The van der Waals surface area contributed by atoms with E-state index in [-0.39, 0.29) is 16.9 Å². The minimum atomic E-state index is -3.66. The average molecular weight is 487 g/mol. The summed E-state index contributed by atoms with van der Waals surface area (Å²) >= 11 is 0. The Morgan fingerprint density at radius 2 is 1.76 bits per heavy atom. The van der Waals surface area contributed by atoms with Crippen molar-refractivity contribution >= 4 is 27.3 Å². The highest BCUT2D eigenvalue weighted by Crippen LogP contribution is 2.33. The van der Waals surface area contributed by atoms with E-state index in [1.165, 1.54) is 24.5 Å². The molecule has 0 radical (unpaired) electrons. The molecule has 2 aliphatic rings. The van der Waals surface area contributed by atoms with E-state index in [1.54, 1.807) is 24.1 Å². The monoisotopic (exact) mass is 486 g/mol. The number of nitrogens with zero attached hydrogens (tertiary/aromatic N) is 4. The zero-order chi connectivity index (χ0) is 24.5. The smallest absolute Gasteiger partial charge is 0.255 e. The van der Waals surface area contributed by atoms with Crippen LogP contribution < -0.4 is 14.5 Å². The molecule has 4 rings (SSSR count). The Labute approximate surface area is 202 Å². The van der Waals surface area contributed by atoms with Crippen LogP contribution >= 0.6 is 0 Å². The third-order valence-corrected chi connectivity index (χ3v) is 8.36. The molecule has 2 aromatic rings. The maximum atomic E-state index is 13.7. The fraction of sp³-hybridized carbons (Fsp3) is 0.480. The fourth-order valence-corrected chi connectivity index (χ4v) is 5.59. The summed E-state index contributed by atoms with van der Waals surface area (Å²) in [5, 5.41) is 0. The lowest BCUT2D eigenvalue weighted by molar-refractivity contribution is 0.0710. The third-order valence-electron chi connectivity index (χ3n) is 6.55. The van der Waals surface area contributed by atoms with Crippen molar-refractivity contribution in [3.63, 3.8) is 0 Å². The molecule has 184 valence electrons. The molecule has 0 spiro atoms. The van der Waals surface area contributed by atoms with E-state index >= 15 is 0 Å². The lowest BCUT2D eigenvalue weighted by atomic mass is 10.1. The van der Waals surface area contributed by atoms with Crippen LogP contribution in [0.1, 0.15) is 30.1 Å². The van der Waals surface area contributed by atoms with Gasteiger partial charge in [0, 0.05) is 46.5 Å². The predicted octanol–water partition coefficient (Wildman–Crippen LogP) is 2.90. The molecule has 0 saturated carbocycles. The van der Waals surface area contributed by atoms with E-state index in [0.717, 1.165) is 49.6 Å². The first-order chi connectivity index (χ1) is 16.2. The first kappa shape index (κ1) is 24.3. The van der Waals surface area contributed by atoms with Gasteiger partial charge in [0.1, 0.15) is 11.9 Å². The molecule has 0 aliphatic carbocycles. The molecule has 1 saturated heterocycles. The third kappa shape index (κ3) is 4.72. The van der Waals surface area contributed by atoms with Crippen LogP contribution in [0.25, 0.3) is 0 Å². The summed E-state index contributed by atoms with van der Waals surface area (Å²) in [7, 11) is 1.09. The number of fused-ring (bicyclic) bond motifs is 1. The number of carbonyl (C=O) groups excluding carboxylic acids is 1. The number of hydrogen-bond acceptors (Lipinski definition) is 6. The number of likely N-dealkylation sites (N-methyl/N-ethyl adjacent to an activating group) is 2. The molecule has 1 fully saturated rings. The van der Waals surface area contributed by atoms with Crippen LogP contribution in [0.2, 0.25) is 0 Å². The predicted molar refractivity (Wildman–Crippen MR) is 134 cm³/mol. The van der Waals surface area contributed by atoms with Crippen molar-refractivity contribution in [2.45, 2.75) is 30.8 Å². The van der Waals surface area contributed by atoms with Gasteiger partial charge < -0.3 is 19.4 Å². The molecule has 9 heteroatoms.